The molecule has 1 amide bonds. The highest BCUT2D eigenvalue weighted by Gasteiger charge is 2.27. The molecule has 0 aromatic heterocycles. The molecule has 0 bridgehead atoms. The van der Waals surface area contributed by atoms with Crippen LogP contribution in [0.4, 0.5) is 11.4 Å². The van der Waals surface area contributed by atoms with E-state index in [4.69, 9.17) is 5.26 Å². The molecule has 1 saturated heterocycles. The van der Waals surface area contributed by atoms with Gasteiger partial charge in [-0.25, -0.2) is 8.42 Å². The van der Waals surface area contributed by atoms with E-state index >= 15 is 0 Å². The van der Waals surface area contributed by atoms with Gasteiger partial charge in [0.1, 0.15) is 0 Å². The summed E-state index contributed by atoms with van der Waals surface area (Å²) in [6.07, 6.45) is 3.15. The van der Waals surface area contributed by atoms with Crippen molar-refractivity contribution in [3.63, 3.8) is 0 Å². The number of nitrogens with zero attached hydrogens (tertiary/aromatic N) is 2. The number of aryl methyl sites for hydroxylation is 1. The van der Waals surface area contributed by atoms with Gasteiger partial charge in [-0.15, -0.1) is 0 Å². The van der Waals surface area contributed by atoms with Gasteiger partial charge in [-0.05, 0) is 55.2 Å². The van der Waals surface area contributed by atoms with Gasteiger partial charge in [-0.2, -0.15) is 9.57 Å². The van der Waals surface area contributed by atoms with Crippen molar-refractivity contribution in [2.45, 2.75) is 37.5 Å². The Balaban J connectivity index is 1.63. The summed E-state index contributed by atoms with van der Waals surface area (Å²) < 4.78 is 27.6. The van der Waals surface area contributed by atoms with Crippen LogP contribution in [-0.2, 0) is 21.2 Å². The fourth-order valence-corrected chi connectivity index (χ4v) is 5.18. The lowest BCUT2D eigenvalue weighted by Crippen LogP contribution is -2.36. The minimum atomic E-state index is -3.54. The number of nitrogens with one attached hydrogen (secondary N) is 2. The van der Waals surface area contributed by atoms with E-state index in [1.54, 1.807) is 53.7 Å². The lowest BCUT2D eigenvalue weighted by molar-refractivity contribution is -0.114. The van der Waals surface area contributed by atoms with Crippen molar-refractivity contribution in [3.05, 3.63) is 53.6 Å². The molecule has 1 aliphatic heterocycles. The van der Waals surface area contributed by atoms with Gasteiger partial charge in [0.05, 0.1) is 23.9 Å². The molecule has 2 N–H and O–H groups in total. The summed E-state index contributed by atoms with van der Waals surface area (Å²) in [5.74, 6) is -0.246. The molecule has 2 aromatic rings. The zero-order chi connectivity index (χ0) is 21.6. The summed E-state index contributed by atoms with van der Waals surface area (Å²) in [6, 6.07) is 14.3. The van der Waals surface area contributed by atoms with E-state index in [1.807, 2.05) is 0 Å². The van der Waals surface area contributed by atoms with Crippen LogP contribution in [0.3, 0.4) is 0 Å². The molecule has 1 fully saturated rings. The molecule has 158 valence electrons. The maximum Gasteiger partial charge on any atom is 0.243 e. The highest BCUT2D eigenvalue weighted by Crippen LogP contribution is 2.26. The molecular formula is C22H26N4O3S. The summed E-state index contributed by atoms with van der Waals surface area (Å²) in [6.45, 7) is 2.89. The lowest BCUT2D eigenvalue weighted by Gasteiger charge is -2.26. The topological polar surface area (TPSA) is 102 Å². The minimum absolute atomic E-state index is 0.00616. The van der Waals surface area contributed by atoms with Crippen molar-refractivity contribution in [3.8, 4) is 6.07 Å². The normalized spacial score (nSPS) is 14.7. The van der Waals surface area contributed by atoms with E-state index < -0.39 is 10.0 Å². The first-order chi connectivity index (χ1) is 14.4. The molecule has 0 radical (unpaired) electrons. The second kappa shape index (κ2) is 9.74. The van der Waals surface area contributed by atoms with Crippen LogP contribution in [0.15, 0.2) is 47.4 Å². The quantitative estimate of drug-likeness (QED) is 0.707. The van der Waals surface area contributed by atoms with Crippen LogP contribution in [0.2, 0.25) is 0 Å². The number of sulfonamides is 1. The van der Waals surface area contributed by atoms with Gasteiger partial charge in [0.15, 0.2) is 0 Å². The van der Waals surface area contributed by atoms with E-state index in [2.05, 4.69) is 16.7 Å². The summed E-state index contributed by atoms with van der Waals surface area (Å²) in [5, 5.41) is 14.5. The Morgan fingerprint density at radius 2 is 1.73 bits per heavy atom. The Morgan fingerprint density at radius 3 is 2.40 bits per heavy atom. The van der Waals surface area contributed by atoms with E-state index in [9.17, 15) is 13.2 Å². The first-order valence-electron chi connectivity index (χ1n) is 10.0. The van der Waals surface area contributed by atoms with Crippen molar-refractivity contribution >= 4 is 27.3 Å². The maximum absolute atomic E-state index is 13.0. The minimum Gasteiger partial charge on any atom is -0.376 e. The number of nitriles is 1. The second-order valence-corrected chi connectivity index (χ2v) is 9.28. The average Bonchev–Trinajstić information content (AvgIpc) is 2.75. The number of hydrogen-bond donors (Lipinski definition) is 2. The van der Waals surface area contributed by atoms with Crippen molar-refractivity contribution in [2.24, 2.45) is 0 Å². The standard InChI is InChI=1S/C22H26N4O3S/c1-17-5-8-20(15-21(17)30(28,29)26-13-3-2-4-14-26)24-16-22(27)25-19-9-6-18(7-10-19)11-12-23/h5-10,15,24H,2-4,11,13-14,16H2,1H3,(H,25,27). The number of piperidine rings is 1. The number of amides is 1. The van der Waals surface area contributed by atoms with Gasteiger partial charge < -0.3 is 10.6 Å². The van der Waals surface area contributed by atoms with Crippen molar-refractivity contribution < 1.29 is 13.2 Å². The summed E-state index contributed by atoms with van der Waals surface area (Å²) in [5.41, 5.74) is 2.79. The zero-order valence-electron chi connectivity index (χ0n) is 17.0. The molecule has 0 spiro atoms. The van der Waals surface area contributed by atoms with E-state index in [0.29, 0.717) is 36.4 Å². The fourth-order valence-electron chi connectivity index (χ4n) is 3.42. The van der Waals surface area contributed by atoms with Crippen molar-refractivity contribution in [2.75, 3.05) is 30.3 Å². The third-order valence-corrected chi connectivity index (χ3v) is 7.14. The monoisotopic (exact) mass is 426 g/mol. The Labute approximate surface area is 177 Å². The van der Waals surface area contributed by atoms with Crippen LogP contribution in [0.1, 0.15) is 30.4 Å². The van der Waals surface area contributed by atoms with Gasteiger partial charge in [0.25, 0.3) is 0 Å². The lowest BCUT2D eigenvalue weighted by atomic mass is 10.1. The highest BCUT2D eigenvalue weighted by molar-refractivity contribution is 7.89. The molecule has 0 atom stereocenters. The Bertz CT molecular complexity index is 1040. The first kappa shape index (κ1) is 21.8. The van der Waals surface area contributed by atoms with Crippen molar-refractivity contribution in [1.82, 2.24) is 4.31 Å². The van der Waals surface area contributed by atoms with Crippen molar-refractivity contribution in [1.29, 1.82) is 5.26 Å². The molecule has 0 unspecified atom stereocenters. The number of anilines is 2. The molecule has 2 aromatic carbocycles. The molecule has 0 saturated carbocycles. The van der Waals surface area contributed by atoms with Gasteiger partial charge in [-0.1, -0.05) is 24.6 Å². The molecular weight excluding hydrogens is 400 g/mol. The van der Waals surface area contributed by atoms with Gasteiger partial charge in [-0.3, -0.25) is 4.79 Å². The smallest absolute Gasteiger partial charge is 0.243 e. The molecule has 1 heterocycles. The molecule has 8 heteroatoms. The molecule has 30 heavy (non-hydrogen) atoms. The number of carbonyl (C=O) groups is 1. The van der Waals surface area contributed by atoms with Crippen LogP contribution in [0, 0.1) is 18.3 Å². The molecule has 1 aliphatic rings. The fraction of sp³-hybridized carbons (Fsp3) is 0.364. The SMILES string of the molecule is Cc1ccc(NCC(=O)Nc2ccc(CC#N)cc2)cc1S(=O)(=O)N1CCCCC1. The number of carbonyl (C=O) groups excluding carboxylic acids is 1. The van der Waals surface area contributed by atoms with Gasteiger partial charge in [0.2, 0.25) is 15.9 Å². The summed E-state index contributed by atoms with van der Waals surface area (Å²) in [7, 11) is -3.54. The summed E-state index contributed by atoms with van der Waals surface area (Å²) in [4.78, 5) is 12.5. The predicted molar refractivity (Wildman–Crippen MR) is 117 cm³/mol. The second-order valence-electron chi connectivity index (χ2n) is 7.38. The molecule has 3 rings (SSSR count). The molecule has 7 nitrogen and oxygen atoms in total. The largest absolute Gasteiger partial charge is 0.376 e. The van der Waals surface area contributed by atoms with Crippen LogP contribution in [0.5, 0.6) is 0 Å². The van der Waals surface area contributed by atoms with Gasteiger partial charge >= 0.3 is 0 Å². The number of rotatable bonds is 7. The zero-order valence-corrected chi connectivity index (χ0v) is 17.8. The maximum atomic E-state index is 13.0. The van der Waals surface area contributed by atoms with Gasteiger partial charge in [0, 0.05) is 24.5 Å². The van der Waals surface area contributed by atoms with Crippen LogP contribution in [-0.4, -0.2) is 38.3 Å². The third kappa shape index (κ3) is 5.38. The molecule has 0 aliphatic carbocycles. The first-order valence-corrected chi connectivity index (χ1v) is 11.4. The number of benzene rings is 2. The van der Waals surface area contributed by atoms with E-state index in [-0.39, 0.29) is 17.3 Å². The van der Waals surface area contributed by atoms with Crippen LogP contribution >= 0.6 is 0 Å². The van der Waals surface area contributed by atoms with E-state index in [1.165, 1.54) is 0 Å². The summed E-state index contributed by atoms with van der Waals surface area (Å²) >= 11 is 0. The average molecular weight is 427 g/mol. The Kier molecular flexibility index (Phi) is 7.08. The van der Waals surface area contributed by atoms with Crippen LogP contribution in [0.25, 0.3) is 0 Å². The third-order valence-electron chi connectivity index (χ3n) is 5.09. The van der Waals surface area contributed by atoms with E-state index in [0.717, 1.165) is 24.8 Å². The predicted octanol–water partition coefficient (Wildman–Crippen LogP) is 3.29. The number of hydrogen-bond acceptors (Lipinski definition) is 5. The Hall–Kier alpha value is -2.89. The highest BCUT2D eigenvalue weighted by atomic mass is 32.2. The van der Waals surface area contributed by atoms with Crippen LogP contribution < -0.4 is 10.6 Å². The Morgan fingerprint density at radius 1 is 1.07 bits per heavy atom.